The number of ether oxygens (including phenoxy) is 2. The number of carbonyl (C=O) groups excluding carboxylic acids is 1. The number of rotatable bonds is 7. The second-order valence-electron chi connectivity index (χ2n) is 5.80. The summed E-state index contributed by atoms with van der Waals surface area (Å²) in [5, 5.41) is 13.7. The van der Waals surface area contributed by atoms with Gasteiger partial charge in [0, 0.05) is 12.6 Å². The number of amides is 1. The summed E-state index contributed by atoms with van der Waals surface area (Å²) in [5.74, 6) is 0.890. The van der Waals surface area contributed by atoms with E-state index < -0.39 is 5.91 Å². The van der Waals surface area contributed by atoms with E-state index in [0.717, 1.165) is 5.56 Å². The van der Waals surface area contributed by atoms with Gasteiger partial charge in [0.2, 0.25) is 0 Å². The third-order valence-electron chi connectivity index (χ3n) is 3.94. The highest BCUT2D eigenvalue weighted by Crippen LogP contribution is 2.29. The number of aromatic nitrogens is 2. The van der Waals surface area contributed by atoms with Crippen molar-refractivity contribution in [1.82, 2.24) is 10.2 Å². The Balaban J connectivity index is 1.62. The van der Waals surface area contributed by atoms with E-state index in [9.17, 15) is 9.18 Å². The van der Waals surface area contributed by atoms with Crippen molar-refractivity contribution in [2.24, 2.45) is 0 Å². The number of benzene rings is 2. The highest BCUT2D eigenvalue weighted by Gasteiger charge is 2.12. The molecule has 3 rings (SSSR count). The second-order valence-corrected chi connectivity index (χ2v) is 5.80. The molecule has 0 saturated heterocycles. The lowest BCUT2D eigenvalue weighted by Crippen LogP contribution is -2.15. The van der Waals surface area contributed by atoms with Crippen LogP contribution in [-0.4, -0.2) is 30.3 Å². The van der Waals surface area contributed by atoms with Crippen LogP contribution in [0.3, 0.4) is 0 Å². The minimum Gasteiger partial charge on any atom is -0.497 e. The maximum atomic E-state index is 12.9. The predicted molar refractivity (Wildman–Crippen MR) is 103 cm³/mol. The molecule has 0 aliphatic heterocycles. The van der Waals surface area contributed by atoms with Crippen molar-refractivity contribution in [3.05, 3.63) is 71.7 Å². The molecule has 1 aromatic heterocycles. The summed E-state index contributed by atoms with van der Waals surface area (Å²) in [5.41, 5.74) is 1.55. The molecule has 7 nitrogen and oxygen atoms in total. The first kappa shape index (κ1) is 19.1. The van der Waals surface area contributed by atoms with E-state index in [1.54, 1.807) is 49.6 Å². The lowest BCUT2D eigenvalue weighted by molar-refractivity contribution is 0.102. The van der Waals surface area contributed by atoms with E-state index in [1.807, 2.05) is 0 Å². The Kier molecular flexibility index (Phi) is 6.01. The van der Waals surface area contributed by atoms with E-state index >= 15 is 0 Å². The monoisotopic (exact) mass is 382 g/mol. The zero-order valence-electron chi connectivity index (χ0n) is 15.4. The number of carbonyl (C=O) groups is 1. The third kappa shape index (κ3) is 4.73. The Morgan fingerprint density at radius 1 is 1.00 bits per heavy atom. The predicted octanol–water partition coefficient (Wildman–Crippen LogP) is 3.50. The van der Waals surface area contributed by atoms with Gasteiger partial charge in [-0.15, -0.1) is 10.2 Å². The Bertz CT molecular complexity index is 947. The largest absolute Gasteiger partial charge is 0.497 e. The summed E-state index contributed by atoms with van der Waals surface area (Å²) >= 11 is 0. The van der Waals surface area contributed by atoms with Crippen LogP contribution < -0.4 is 20.1 Å². The fraction of sp³-hybridized carbons (Fsp3) is 0.150. The molecule has 2 N–H and O–H groups in total. The number of halogens is 1. The highest BCUT2D eigenvalue weighted by molar-refractivity contribution is 6.03. The molecule has 1 amide bonds. The van der Waals surface area contributed by atoms with Gasteiger partial charge in [0.1, 0.15) is 23.1 Å². The number of anilines is 2. The van der Waals surface area contributed by atoms with Crippen molar-refractivity contribution < 1.29 is 18.7 Å². The molecule has 0 aliphatic carbocycles. The number of nitrogens with one attached hydrogen (secondary N) is 2. The average molecular weight is 382 g/mol. The van der Waals surface area contributed by atoms with Crippen molar-refractivity contribution in [2.75, 3.05) is 24.9 Å². The second kappa shape index (κ2) is 8.81. The van der Waals surface area contributed by atoms with Gasteiger partial charge in [-0.25, -0.2) is 4.39 Å². The molecule has 2 aromatic carbocycles. The molecule has 0 bridgehead atoms. The van der Waals surface area contributed by atoms with Gasteiger partial charge >= 0.3 is 0 Å². The number of nitrogens with zero attached hydrogens (tertiary/aromatic N) is 2. The van der Waals surface area contributed by atoms with Gasteiger partial charge in [-0.3, -0.25) is 4.79 Å². The number of methoxy groups -OCH3 is 2. The van der Waals surface area contributed by atoms with Gasteiger partial charge in [0.15, 0.2) is 5.69 Å². The first-order chi connectivity index (χ1) is 13.6. The van der Waals surface area contributed by atoms with Crippen molar-refractivity contribution in [2.45, 2.75) is 6.54 Å². The van der Waals surface area contributed by atoms with E-state index in [4.69, 9.17) is 9.47 Å². The molecule has 0 spiro atoms. The molecule has 0 fully saturated rings. The van der Waals surface area contributed by atoms with Crippen LogP contribution in [0.15, 0.2) is 54.6 Å². The molecule has 1 heterocycles. The van der Waals surface area contributed by atoms with E-state index in [1.165, 1.54) is 19.2 Å². The Morgan fingerprint density at radius 3 is 2.43 bits per heavy atom. The maximum Gasteiger partial charge on any atom is 0.276 e. The molecule has 0 atom stereocenters. The Labute approximate surface area is 161 Å². The lowest BCUT2D eigenvalue weighted by atomic mass is 10.2. The van der Waals surface area contributed by atoms with Crippen LogP contribution in [0.5, 0.6) is 11.5 Å². The number of hydrogen-bond acceptors (Lipinski definition) is 6. The molecular formula is C20H19FN4O3. The lowest BCUT2D eigenvalue weighted by Gasteiger charge is -2.11. The van der Waals surface area contributed by atoms with E-state index in [0.29, 0.717) is 29.5 Å². The fourth-order valence-electron chi connectivity index (χ4n) is 2.43. The summed E-state index contributed by atoms with van der Waals surface area (Å²) in [7, 11) is 3.06. The van der Waals surface area contributed by atoms with Crippen LogP contribution >= 0.6 is 0 Å². The van der Waals surface area contributed by atoms with Gasteiger partial charge in [0.25, 0.3) is 5.91 Å². The molecular weight excluding hydrogens is 363 g/mol. The fourth-order valence-corrected chi connectivity index (χ4v) is 2.43. The van der Waals surface area contributed by atoms with Crippen molar-refractivity contribution in [1.29, 1.82) is 0 Å². The molecule has 8 heteroatoms. The molecule has 0 saturated carbocycles. The van der Waals surface area contributed by atoms with Crippen molar-refractivity contribution in [3.8, 4) is 11.5 Å². The molecule has 0 radical (unpaired) electrons. The van der Waals surface area contributed by atoms with Crippen LogP contribution in [-0.2, 0) is 6.54 Å². The number of hydrogen-bond donors (Lipinski definition) is 2. The summed E-state index contributed by atoms with van der Waals surface area (Å²) in [4.78, 5) is 12.4. The smallest absolute Gasteiger partial charge is 0.276 e. The van der Waals surface area contributed by atoms with Crippen LogP contribution in [0.1, 0.15) is 16.1 Å². The Hall–Kier alpha value is -3.68. The van der Waals surface area contributed by atoms with Gasteiger partial charge in [-0.2, -0.15) is 0 Å². The first-order valence-corrected chi connectivity index (χ1v) is 8.44. The molecule has 28 heavy (non-hydrogen) atoms. The van der Waals surface area contributed by atoms with Gasteiger partial charge in [-0.1, -0.05) is 12.1 Å². The summed E-state index contributed by atoms with van der Waals surface area (Å²) in [6.45, 7) is 0.462. The van der Waals surface area contributed by atoms with Gasteiger partial charge in [0.05, 0.1) is 19.9 Å². The molecule has 3 aromatic rings. The summed E-state index contributed by atoms with van der Waals surface area (Å²) in [6, 6.07) is 14.4. The molecule has 144 valence electrons. The van der Waals surface area contributed by atoms with Gasteiger partial charge in [-0.05, 0) is 42.0 Å². The minimum atomic E-state index is -0.416. The van der Waals surface area contributed by atoms with E-state index in [2.05, 4.69) is 20.8 Å². The van der Waals surface area contributed by atoms with Crippen LogP contribution in [0.4, 0.5) is 15.9 Å². The van der Waals surface area contributed by atoms with Crippen molar-refractivity contribution in [3.63, 3.8) is 0 Å². The minimum absolute atomic E-state index is 0.158. The zero-order valence-corrected chi connectivity index (χ0v) is 15.4. The summed E-state index contributed by atoms with van der Waals surface area (Å²) in [6.07, 6.45) is 0. The van der Waals surface area contributed by atoms with Crippen LogP contribution in [0.2, 0.25) is 0 Å². The molecule has 0 aliphatic rings. The van der Waals surface area contributed by atoms with Crippen molar-refractivity contribution >= 4 is 17.4 Å². The van der Waals surface area contributed by atoms with Gasteiger partial charge < -0.3 is 20.1 Å². The zero-order chi connectivity index (χ0) is 19.9. The third-order valence-corrected chi connectivity index (χ3v) is 3.94. The first-order valence-electron chi connectivity index (χ1n) is 8.44. The summed E-state index contributed by atoms with van der Waals surface area (Å²) < 4.78 is 23.3. The van der Waals surface area contributed by atoms with Crippen LogP contribution in [0.25, 0.3) is 0 Å². The normalized spacial score (nSPS) is 10.2. The average Bonchev–Trinajstić information content (AvgIpc) is 2.74. The quantitative estimate of drug-likeness (QED) is 0.651. The van der Waals surface area contributed by atoms with E-state index in [-0.39, 0.29) is 11.5 Å². The maximum absolute atomic E-state index is 12.9. The molecule has 0 unspecified atom stereocenters. The topological polar surface area (TPSA) is 85.4 Å². The SMILES string of the molecule is COc1ccc(NC(=O)c2ccc(NCc3ccc(F)cc3)nn2)c(OC)c1. The van der Waals surface area contributed by atoms with Crippen LogP contribution in [0, 0.1) is 5.82 Å². The standard InChI is InChI=1S/C20H19FN4O3/c1-27-15-7-8-16(18(11-15)28-2)23-20(26)17-9-10-19(25-24-17)22-12-13-3-5-14(21)6-4-13/h3-11H,12H2,1-2H3,(H,22,25)(H,23,26). The Morgan fingerprint density at radius 2 is 1.79 bits per heavy atom. The highest BCUT2D eigenvalue weighted by atomic mass is 19.1.